The van der Waals surface area contributed by atoms with E-state index in [0.717, 1.165) is 5.56 Å². The summed E-state index contributed by atoms with van der Waals surface area (Å²) in [5, 5.41) is 2.36. The molecule has 1 atom stereocenters. The van der Waals surface area contributed by atoms with Crippen LogP contribution in [0.1, 0.15) is 44.7 Å². The van der Waals surface area contributed by atoms with Crippen molar-refractivity contribution in [1.29, 1.82) is 0 Å². The number of rotatable bonds is 9. The second-order valence-electron chi connectivity index (χ2n) is 9.30. The highest BCUT2D eigenvalue weighted by Gasteiger charge is 2.38. The van der Waals surface area contributed by atoms with E-state index in [2.05, 4.69) is 39.2 Å². The SMILES string of the molecule is CCOC(=O)C(CO[Si](C)(C)C(C)(C)C)c1ccc(NC(=O)OCc2ccccc2)c(F)c1. The van der Waals surface area contributed by atoms with Crippen LogP contribution in [0.3, 0.4) is 0 Å². The minimum absolute atomic E-state index is 0.0364. The minimum atomic E-state index is -2.13. The van der Waals surface area contributed by atoms with Crippen LogP contribution in [0.4, 0.5) is 14.9 Å². The lowest BCUT2D eigenvalue weighted by Crippen LogP contribution is -2.42. The zero-order valence-corrected chi connectivity index (χ0v) is 21.2. The molecular weight excluding hydrogens is 441 g/mol. The van der Waals surface area contributed by atoms with E-state index in [1.54, 1.807) is 13.0 Å². The second kappa shape index (κ2) is 11.4. The van der Waals surface area contributed by atoms with Gasteiger partial charge in [0, 0.05) is 0 Å². The molecule has 0 saturated heterocycles. The van der Waals surface area contributed by atoms with E-state index >= 15 is 0 Å². The number of hydrogen-bond acceptors (Lipinski definition) is 5. The van der Waals surface area contributed by atoms with Crippen LogP contribution in [0.15, 0.2) is 48.5 Å². The molecule has 0 aliphatic rings. The highest BCUT2D eigenvalue weighted by Crippen LogP contribution is 2.37. The molecule has 0 spiro atoms. The van der Waals surface area contributed by atoms with Crippen LogP contribution in [0, 0.1) is 5.82 Å². The van der Waals surface area contributed by atoms with Gasteiger partial charge in [0.2, 0.25) is 0 Å². The van der Waals surface area contributed by atoms with Crippen molar-refractivity contribution in [3.8, 4) is 0 Å². The zero-order chi connectivity index (χ0) is 24.6. The van der Waals surface area contributed by atoms with Gasteiger partial charge < -0.3 is 13.9 Å². The van der Waals surface area contributed by atoms with Crippen molar-refractivity contribution >= 4 is 26.1 Å². The zero-order valence-electron chi connectivity index (χ0n) is 20.2. The average molecular weight is 476 g/mol. The van der Waals surface area contributed by atoms with E-state index in [1.165, 1.54) is 12.1 Å². The van der Waals surface area contributed by atoms with Crippen LogP contribution in [0.25, 0.3) is 0 Å². The van der Waals surface area contributed by atoms with Gasteiger partial charge in [0.1, 0.15) is 18.3 Å². The van der Waals surface area contributed by atoms with Crippen molar-refractivity contribution in [2.24, 2.45) is 0 Å². The van der Waals surface area contributed by atoms with Crippen LogP contribution in [0.5, 0.6) is 0 Å². The Kier molecular flexibility index (Phi) is 9.19. The summed E-state index contributed by atoms with van der Waals surface area (Å²) in [5.41, 5.74) is 1.21. The fraction of sp³-hybridized carbons (Fsp3) is 0.440. The first-order valence-corrected chi connectivity index (χ1v) is 13.9. The van der Waals surface area contributed by atoms with Crippen molar-refractivity contribution in [2.45, 2.75) is 58.4 Å². The smallest absolute Gasteiger partial charge is 0.412 e. The molecule has 0 aliphatic heterocycles. The predicted molar refractivity (Wildman–Crippen MR) is 129 cm³/mol. The Labute approximate surface area is 196 Å². The number of esters is 1. The van der Waals surface area contributed by atoms with E-state index < -0.39 is 32.1 Å². The molecule has 1 amide bonds. The quantitative estimate of drug-likeness (QED) is 0.343. The van der Waals surface area contributed by atoms with E-state index in [9.17, 15) is 14.0 Å². The molecule has 0 radical (unpaired) electrons. The number of hydrogen-bond donors (Lipinski definition) is 1. The van der Waals surface area contributed by atoms with Crippen LogP contribution in [0.2, 0.25) is 18.1 Å². The van der Waals surface area contributed by atoms with Gasteiger partial charge in [-0.2, -0.15) is 0 Å². The molecule has 2 rings (SSSR count). The van der Waals surface area contributed by atoms with Gasteiger partial charge in [0.25, 0.3) is 0 Å². The van der Waals surface area contributed by atoms with Crippen molar-refractivity contribution in [2.75, 3.05) is 18.5 Å². The number of halogens is 1. The molecular formula is C25H34FNO5Si. The molecule has 0 bridgehead atoms. The Morgan fingerprint density at radius 2 is 1.73 bits per heavy atom. The first-order chi connectivity index (χ1) is 15.4. The summed E-state index contributed by atoms with van der Waals surface area (Å²) in [7, 11) is -2.13. The number of ether oxygens (including phenoxy) is 2. The Bertz CT molecular complexity index is 944. The minimum Gasteiger partial charge on any atom is -0.465 e. The van der Waals surface area contributed by atoms with Gasteiger partial charge in [-0.25, -0.2) is 9.18 Å². The molecule has 1 unspecified atom stereocenters. The van der Waals surface area contributed by atoms with E-state index in [-0.39, 0.29) is 30.5 Å². The summed E-state index contributed by atoms with van der Waals surface area (Å²) >= 11 is 0. The third kappa shape index (κ3) is 7.68. The summed E-state index contributed by atoms with van der Waals surface area (Å²) in [6.45, 7) is 12.6. The molecule has 0 aliphatic carbocycles. The van der Waals surface area contributed by atoms with E-state index in [4.69, 9.17) is 13.9 Å². The third-order valence-corrected chi connectivity index (χ3v) is 10.3. The number of carbonyl (C=O) groups excluding carboxylic acids is 2. The molecule has 1 N–H and O–H groups in total. The van der Waals surface area contributed by atoms with Gasteiger partial charge in [-0.15, -0.1) is 0 Å². The Morgan fingerprint density at radius 3 is 2.30 bits per heavy atom. The topological polar surface area (TPSA) is 73.9 Å². The summed E-state index contributed by atoms with van der Waals surface area (Å²) in [5.74, 6) is -1.92. The second-order valence-corrected chi connectivity index (χ2v) is 14.1. The van der Waals surface area contributed by atoms with Gasteiger partial charge in [-0.05, 0) is 48.3 Å². The number of carbonyl (C=O) groups is 2. The fourth-order valence-corrected chi connectivity index (χ4v) is 3.79. The highest BCUT2D eigenvalue weighted by molar-refractivity contribution is 6.74. The van der Waals surface area contributed by atoms with Crippen LogP contribution in [-0.4, -0.2) is 33.6 Å². The molecule has 0 saturated carbocycles. The van der Waals surface area contributed by atoms with E-state index in [0.29, 0.717) is 5.56 Å². The molecule has 33 heavy (non-hydrogen) atoms. The summed E-state index contributed by atoms with van der Waals surface area (Å²) in [6.07, 6.45) is -0.770. The Morgan fingerprint density at radius 1 is 1.06 bits per heavy atom. The molecule has 6 nitrogen and oxygen atoms in total. The molecule has 180 valence electrons. The maximum Gasteiger partial charge on any atom is 0.412 e. The predicted octanol–water partition coefficient (Wildman–Crippen LogP) is 6.24. The molecule has 2 aromatic carbocycles. The molecule has 0 heterocycles. The van der Waals surface area contributed by atoms with Gasteiger partial charge in [0.05, 0.1) is 18.9 Å². The van der Waals surface area contributed by atoms with Crippen molar-refractivity contribution in [1.82, 2.24) is 0 Å². The summed E-state index contributed by atoms with van der Waals surface area (Å²) in [6, 6.07) is 13.4. The maximum absolute atomic E-state index is 14.8. The van der Waals surface area contributed by atoms with E-state index in [1.807, 2.05) is 30.3 Å². The first kappa shape index (κ1) is 26.5. The van der Waals surface area contributed by atoms with Crippen LogP contribution >= 0.6 is 0 Å². The number of anilines is 1. The maximum atomic E-state index is 14.8. The standard InChI is InChI=1S/C25H34FNO5Si/c1-7-30-23(28)20(17-32-33(5,6)25(2,3)4)19-13-14-22(21(26)15-19)27-24(29)31-16-18-11-9-8-10-12-18/h8-15,20H,7,16-17H2,1-6H3,(H,27,29). The van der Waals surface area contributed by atoms with Gasteiger partial charge in [-0.1, -0.05) is 57.2 Å². The third-order valence-electron chi connectivity index (χ3n) is 5.83. The average Bonchev–Trinajstić information content (AvgIpc) is 2.74. The summed E-state index contributed by atoms with van der Waals surface area (Å²) in [4.78, 5) is 24.7. The monoisotopic (exact) mass is 475 g/mol. The van der Waals surface area contributed by atoms with Crippen molar-refractivity contribution in [3.05, 3.63) is 65.5 Å². The number of benzene rings is 2. The van der Waals surface area contributed by atoms with Crippen LogP contribution < -0.4 is 5.32 Å². The highest BCUT2D eigenvalue weighted by atomic mass is 28.4. The van der Waals surface area contributed by atoms with Crippen molar-refractivity contribution < 1.29 is 27.9 Å². The largest absolute Gasteiger partial charge is 0.465 e. The fourth-order valence-electron chi connectivity index (χ4n) is 2.77. The van der Waals surface area contributed by atoms with Gasteiger partial charge >= 0.3 is 12.1 Å². The molecule has 0 aromatic heterocycles. The number of amides is 1. The van der Waals surface area contributed by atoms with Gasteiger partial charge in [-0.3, -0.25) is 10.1 Å². The van der Waals surface area contributed by atoms with Gasteiger partial charge in [0.15, 0.2) is 8.32 Å². The first-order valence-electron chi connectivity index (χ1n) is 11.0. The van der Waals surface area contributed by atoms with Crippen LogP contribution in [-0.2, 0) is 25.3 Å². The lowest BCUT2D eigenvalue weighted by Gasteiger charge is -2.37. The Balaban J connectivity index is 2.11. The summed E-state index contributed by atoms with van der Waals surface area (Å²) < 4.78 is 31.3. The normalized spacial score (nSPS) is 12.7. The lowest BCUT2D eigenvalue weighted by molar-refractivity contribution is -0.145. The number of nitrogens with one attached hydrogen (secondary N) is 1. The lowest BCUT2D eigenvalue weighted by atomic mass is 9.99. The molecule has 0 fully saturated rings. The molecule has 2 aromatic rings. The van der Waals surface area contributed by atoms with Crippen molar-refractivity contribution in [3.63, 3.8) is 0 Å². The molecule has 8 heteroatoms. The Hall–Kier alpha value is -2.71.